The Labute approximate surface area is 103 Å². The van der Waals surface area contributed by atoms with Crippen LogP contribution in [0, 0.1) is 6.92 Å². The number of hydrogen-bond donors (Lipinski definition) is 1. The zero-order chi connectivity index (χ0) is 11.5. The van der Waals surface area contributed by atoms with Crippen LogP contribution in [0.4, 0.5) is 0 Å². The molecule has 2 heterocycles. The van der Waals surface area contributed by atoms with Gasteiger partial charge in [-0.25, -0.2) is 0 Å². The summed E-state index contributed by atoms with van der Waals surface area (Å²) in [5, 5.41) is 3.38. The Morgan fingerprint density at radius 1 is 1.38 bits per heavy atom. The lowest BCUT2D eigenvalue weighted by Gasteiger charge is -2.14. The molecule has 0 spiro atoms. The van der Waals surface area contributed by atoms with E-state index >= 15 is 0 Å². The van der Waals surface area contributed by atoms with Gasteiger partial charge in [-0.15, -0.1) is 0 Å². The molecular weight excluding hydrogens is 270 g/mol. The Morgan fingerprint density at radius 3 is 2.69 bits per heavy atom. The van der Waals surface area contributed by atoms with E-state index in [0.29, 0.717) is 0 Å². The molecule has 1 N–H and O–H groups in total. The zero-order valence-electron chi connectivity index (χ0n) is 9.29. The highest BCUT2D eigenvalue weighted by Gasteiger charge is 2.20. The SMILES string of the molecule is CCNC(c1ccc(Br)o1)c1ccoc1C. The van der Waals surface area contributed by atoms with E-state index in [9.17, 15) is 0 Å². The Balaban J connectivity index is 2.34. The molecule has 86 valence electrons. The van der Waals surface area contributed by atoms with Crippen LogP contribution < -0.4 is 5.32 Å². The van der Waals surface area contributed by atoms with Crippen molar-refractivity contribution in [3.63, 3.8) is 0 Å². The van der Waals surface area contributed by atoms with E-state index in [-0.39, 0.29) is 6.04 Å². The maximum atomic E-state index is 5.59. The first-order valence-corrected chi connectivity index (χ1v) is 6.04. The summed E-state index contributed by atoms with van der Waals surface area (Å²) in [6, 6.07) is 5.88. The smallest absolute Gasteiger partial charge is 0.169 e. The van der Waals surface area contributed by atoms with Crippen molar-refractivity contribution in [3.05, 3.63) is 46.2 Å². The third-order valence-corrected chi connectivity index (χ3v) is 2.92. The van der Waals surface area contributed by atoms with Crippen molar-refractivity contribution in [1.29, 1.82) is 0 Å². The highest BCUT2D eigenvalue weighted by molar-refractivity contribution is 9.10. The van der Waals surface area contributed by atoms with Crippen molar-refractivity contribution >= 4 is 15.9 Å². The lowest BCUT2D eigenvalue weighted by molar-refractivity contribution is 0.432. The first-order valence-electron chi connectivity index (χ1n) is 5.25. The van der Waals surface area contributed by atoms with E-state index in [1.54, 1.807) is 6.26 Å². The highest BCUT2D eigenvalue weighted by Crippen LogP contribution is 2.28. The highest BCUT2D eigenvalue weighted by atomic mass is 79.9. The number of rotatable bonds is 4. The summed E-state index contributed by atoms with van der Waals surface area (Å²) in [7, 11) is 0. The predicted molar refractivity (Wildman–Crippen MR) is 65.4 cm³/mol. The van der Waals surface area contributed by atoms with Crippen LogP contribution in [0.15, 0.2) is 38.0 Å². The number of aryl methyl sites for hydroxylation is 1. The van der Waals surface area contributed by atoms with Crippen molar-refractivity contribution < 1.29 is 8.83 Å². The molecule has 0 radical (unpaired) electrons. The number of nitrogens with one attached hydrogen (secondary N) is 1. The standard InChI is InChI=1S/C12H14BrNO2/c1-3-14-12(9-6-7-15-8(9)2)10-4-5-11(13)16-10/h4-7,12,14H,3H2,1-2H3. The second-order valence-electron chi connectivity index (χ2n) is 3.56. The molecule has 1 unspecified atom stereocenters. The van der Waals surface area contributed by atoms with Crippen LogP contribution in [0.5, 0.6) is 0 Å². The number of hydrogen-bond acceptors (Lipinski definition) is 3. The van der Waals surface area contributed by atoms with Gasteiger partial charge in [0.2, 0.25) is 0 Å². The molecule has 0 aliphatic heterocycles. The first kappa shape index (κ1) is 11.5. The Morgan fingerprint density at radius 2 is 2.19 bits per heavy atom. The van der Waals surface area contributed by atoms with Crippen molar-refractivity contribution in [1.82, 2.24) is 5.32 Å². The number of furan rings is 2. The van der Waals surface area contributed by atoms with Gasteiger partial charge in [0.05, 0.1) is 12.3 Å². The van der Waals surface area contributed by atoms with Crippen molar-refractivity contribution in [3.8, 4) is 0 Å². The molecular formula is C12H14BrNO2. The molecule has 3 nitrogen and oxygen atoms in total. The van der Waals surface area contributed by atoms with Gasteiger partial charge in [-0.05, 0) is 47.6 Å². The molecule has 0 saturated carbocycles. The summed E-state index contributed by atoms with van der Waals surface area (Å²) < 4.78 is 11.7. The fourth-order valence-electron chi connectivity index (χ4n) is 1.75. The van der Waals surface area contributed by atoms with Gasteiger partial charge in [0.15, 0.2) is 4.67 Å². The molecule has 0 amide bonds. The lowest BCUT2D eigenvalue weighted by atomic mass is 10.1. The molecule has 2 aromatic heterocycles. The average molecular weight is 284 g/mol. The lowest BCUT2D eigenvalue weighted by Crippen LogP contribution is -2.21. The maximum Gasteiger partial charge on any atom is 0.169 e. The molecule has 4 heteroatoms. The third-order valence-electron chi connectivity index (χ3n) is 2.50. The second-order valence-corrected chi connectivity index (χ2v) is 4.35. The van der Waals surface area contributed by atoms with Crippen molar-refractivity contribution in [2.45, 2.75) is 19.9 Å². The summed E-state index contributed by atoms with van der Waals surface area (Å²) in [5.41, 5.74) is 1.11. The van der Waals surface area contributed by atoms with Gasteiger partial charge in [-0.2, -0.15) is 0 Å². The summed E-state index contributed by atoms with van der Waals surface area (Å²) in [4.78, 5) is 0. The van der Waals surface area contributed by atoms with Gasteiger partial charge in [0.1, 0.15) is 11.5 Å². The third kappa shape index (κ3) is 2.23. The molecule has 0 aliphatic carbocycles. The van der Waals surface area contributed by atoms with Gasteiger partial charge < -0.3 is 14.2 Å². The van der Waals surface area contributed by atoms with E-state index in [4.69, 9.17) is 8.83 Å². The van der Waals surface area contributed by atoms with Crippen LogP contribution in [0.1, 0.15) is 30.0 Å². The molecule has 0 aromatic carbocycles. The molecule has 0 saturated heterocycles. The van der Waals surface area contributed by atoms with Crippen molar-refractivity contribution in [2.24, 2.45) is 0 Å². The zero-order valence-corrected chi connectivity index (χ0v) is 10.9. The molecule has 2 rings (SSSR count). The maximum absolute atomic E-state index is 5.59. The fraction of sp³-hybridized carbons (Fsp3) is 0.333. The minimum absolute atomic E-state index is 0.0510. The Hall–Kier alpha value is -1.00. The van der Waals surface area contributed by atoms with Crippen LogP contribution in [-0.2, 0) is 0 Å². The van der Waals surface area contributed by atoms with E-state index in [0.717, 1.165) is 28.3 Å². The molecule has 0 aliphatic rings. The topological polar surface area (TPSA) is 38.3 Å². The van der Waals surface area contributed by atoms with Crippen LogP contribution in [-0.4, -0.2) is 6.54 Å². The molecule has 16 heavy (non-hydrogen) atoms. The van der Waals surface area contributed by atoms with Gasteiger partial charge >= 0.3 is 0 Å². The van der Waals surface area contributed by atoms with Gasteiger partial charge in [0.25, 0.3) is 0 Å². The second kappa shape index (κ2) is 4.89. The van der Waals surface area contributed by atoms with Gasteiger partial charge in [-0.3, -0.25) is 0 Å². The monoisotopic (exact) mass is 283 g/mol. The van der Waals surface area contributed by atoms with Crippen LogP contribution in [0.2, 0.25) is 0 Å². The van der Waals surface area contributed by atoms with Gasteiger partial charge in [-0.1, -0.05) is 6.92 Å². The largest absolute Gasteiger partial charge is 0.469 e. The quantitative estimate of drug-likeness (QED) is 0.931. The van der Waals surface area contributed by atoms with E-state index in [2.05, 4.69) is 28.2 Å². The summed E-state index contributed by atoms with van der Waals surface area (Å²) in [5.74, 6) is 1.80. The predicted octanol–water partition coefficient (Wildman–Crippen LogP) is 3.64. The van der Waals surface area contributed by atoms with Crippen LogP contribution in [0.25, 0.3) is 0 Å². The van der Waals surface area contributed by atoms with E-state index in [1.807, 2.05) is 25.1 Å². The first-order chi connectivity index (χ1) is 7.72. The minimum atomic E-state index is 0.0510. The summed E-state index contributed by atoms with van der Waals surface area (Å²) in [6.45, 7) is 4.89. The van der Waals surface area contributed by atoms with E-state index in [1.165, 1.54) is 0 Å². The average Bonchev–Trinajstić information content (AvgIpc) is 2.84. The van der Waals surface area contributed by atoms with Crippen LogP contribution in [0.3, 0.4) is 0 Å². The molecule has 0 bridgehead atoms. The molecule has 2 aromatic rings. The summed E-state index contributed by atoms with van der Waals surface area (Å²) in [6.07, 6.45) is 1.70. The normalized spacial score (nSPS) is 12.9. The van der Waals surface area contributed by atoms with Gasteiger partial charge in [0, 0.05) is 5.56 Å². The molecule has 0 fully saturated rings. The Bertz CT molecular complexity index is 461. The molecule has 1 atom stereocenters. The Kier molecular flexibility index (Phi) is 3.51. The van der Waals surface area contributed by atoms with Crippen molar-refractivity contribution in [2.75, 3.05) is 6.54 Å². The number of halogens is 1. The van der Waals surface area contributed by atoms with Crippen LogP contribution >= 0.6 is 15.9 Å². The van der Waals surface area contributed by atoms with E-state index < -0.39 is 0 Å². The minimum Gasteiger partial charge on any atom is -0.469 e. The summed E-state index contributed by atoms with van der Waals surface area (Å²) >= 11 is 3.32. The fourth-order valence-corrected chi connectivity index (χ4v) is 2.06.